The monoisotopic (exact) mass is 344 g/mol. The summed E-state index contributed by atoms with van der Waals surface area (Å²) in [4.78, 5) is 14.4. The number of likely N-dealkylation sites (tertiary alicyclic amines) is 1. The summed E-state index contributed by atoms with van der Waals surface area (Å²) in [5.41, 5.74) is 0.410. The molecule has 1 amide bonds. The Morgan fingerprint density at radius 2 is 1.91 bits per heavy atom. The molecule has 1 aromatic rings. The van der Waals surface area contributed by atoms with Gasteiger partial charge in [0.2, 0.25) is 15.9 Å². The van der Waals surface area contributed by atoms with Crippen molar-refractivity contribution in [2.45, 2.75) is 32.2 Å². The Kier molecular flexibility index (Phi) is 5.34. The summed E-state index contributed by atoms with van der Waals surface area (Å²) in [5, 5.41) is 0.434. The fourth-order valence-electron chi connectivity index (χ4n) is 2.79. The van der Waals surface area contributed by atoms with Gasteiger partial charge in [0.1, 0.15) is 6.04 Å². The van der Waals surface area contributed by atoms with Gasteiger partial charge >= 0.3 is 0 Å². The zero-order valence-electron chi connectivity index (χ0n) is 12.8. The van der Waals surface area contributed by atoms with E-state index in [2.05, 4.69) is 0 Å². The predicted molar refractivity (Wildman–Crippen MR) is 88.7 cm³/mol. The molecule has 0 saturated carbocycles. The van der Waals surface area contributed by atoms with E-state index in [1.165, 1.54) is 0 Å². The van der Waals surface area contributed by atoms with Crippen LogP contribution < -0.4 is 4.31 Å². The maximum atomic E-state index is 12.6. The molecule has 0 radical (unpaired) electrons. The Bertz CT molecular complexity index is 642. The molecular weight excluding hydrogens is 324 g/mol. The van der Waals surface area contributed by atoms with Crippen LogP contribution in [0.2, 0.25) is 5.02 Å². The summed E-state index contributed by atoms with van der Waals surface area (Å²) in [6.45, 7) is 3.01. The molecule has 1 saturated heterocycles. The van der Waals surface area contributed by atoms with Gasteiger partial charge < -0.3 is 4.90 Å². The third-order valence-corrected chi connectivity index (χ3v) is 5.27. The van der Waals surface area contributed by atoms with Crippen LogP contribution in [0.25, 0.3) is 0 Å². The van der Waals surface area contributed by atoms with Crippen LogP contribution in [0.5, 0.6) is 0 Å². The number of carbonyl (C=O) groups is 1. The van der Waals surface area contributed by atoms with Crippen molar-refractivity contribution in [3.8, 4) is 0 Å². The Balaban J connectivity index is 2.31. The van der Waals surface area contributed by atoms with Crippen molar-refractivity contribution < 1.29 is 13.2 Å². The Morgan fingerprint density at radius 1 is 1.27 bits per heavy atom. The number of nitrogens with zero attached hydrogens (tertiary/aromatic N) is 2. The average Bonchev–Trinajstić information content (AvgIpc) is 2.46. The minimum absolute atomic E-state index is 0.162. The number of rotatable bonds is 4. The van der Waals surface area contributed by atoms with E-state index in [9.17, 15) is 13.2 Å². The number of benzene rings is 1. The van der Waals surface area contributed by atoms with E-state index in [4.69, 9.17) is 11.6 Å². The number of halogens is 1. The van der Waals surface area contributed by atoms with Gasteiger partial charge in [-0.3, -0.25) is 9.10 Å². The van der Waals surface area contributed by atoms with Gasteiger partial charge in [0, 0.05) is 18.1 Å². The quantitative estimate of drug-likeness (QED) is 0.843. The van der Waals surface area contributed by atoms with Gasteiger partial charge in [-0.05, 0) is 44.4 Å². The van der Waals surface area contributed by atoms with Crippen LogP contribution in [0.1, 0.15) is 26.2 Å². The van der Waals surface area contributed by atoms with Gasteiger partial charge in [-0.15, -0.1) is 0 Å². The van der Waals surface area contributed by atoms with Crippen molar-refractivity contribution in [1.29, 1.82) is 0 Å². The van der Waals surface area contributed by atoms with Crippen molar-refractivity contribution in [3.63, 3.8) is 0 Å². The summed E-state index contributed by atoms with van der Waals surface area (Å²) >= 11 is 5.96. The van der Waals surface area contributed by atoms with Gasteiger partial charge in [-0.25, -0.2) is 8.42 Å². The highest BCUT2D eigenvalue weighted by atomic mass is 35.5. The van der Waals surface area contributed by atoms with E-state index in [-0.39, 0.29) is 5.91 Å². The van der Waals surface area contributed by atoms with Crippen molar-refractivity contribution in [2.24, 2.45) is 0 Å². The topological polar surface area (TPSA) is 57.7 Å². The average molecular weight is 345 g/mol. The molecule has 0 aliphatic carbocycles. The fraction of sp³-hybridized carbons (Fsp3) is 0.533. The summed E-state index contributed by atoms with van der Waals surface area (Å²) in [7, 11) is -3.59. The highest BCUT2D eigenvalue weighted by Crippen LogP contribution is 2.25. The van der Waals surface area contributed by atoms with Crippen molar-refractivity contribution in [2.75, 3.05) is 23.7 Å². The molecule has 5 nitrogen and oxygen atoms in total. The number of hydrogen-bond acceptors (Lipinski definition) is 3. The molecule has 1 heterocycles. The number of piperidine rings is 1. The van der Waals surface area contributed by atoms with Crippen LogP contribution in [-0.2, 0) is 14.8 Å². The first-order valence-corrected chi connectivity index (χ1v) is 9.57. The van der Waals surface area contributed by atoms with E-state index in [0.29, 0.717) is 23.8 Å². The molecule has 7 heteroatoms. The molecular formula is C15H21ClN2O3S. The molecule has 1 fully saturated rings. The number of sulfonamides is 1. The maximum Gasteiger partial charge on any atom is 0.246 e. The lowest BCUT2D eigenvalue weighted by Gasteiger charge is -2.34. The van der Waals surface area contributed by atoms with E-state index in [1.807, 2.05) is 0 Å². The van der Waals surface area contributed by atoms with E-state index in [0.717, 1.165) is 29.8 Å². The molecule has 2 rings (SSSR count). The molecule has 22 heavy (non-hydrogen) atoms. The summed E-state index contributed by atoms with van der Waals surface area (Å²) in [6.07, 6.45) is 4.15. The van der Waals surface area contributed by atoms with Crippen molar-refractivity contribution in [3.05, 3.63) is 29.3 Å². The number of anilines is 1. The first-order valence-electron chi connectivity index (χ1n) is 7.34. The summed E-state index contributed by atoms with van der Waals surface area (Å²) in [6, 6.07) is 5.76. The lowest BCUT2D eigenvalue weighted by molar-refractivity contribution is -0.132. The third kappa shape index (κ3) is 3.93. The molecule has 1 aliphatic heterocycles. The van der Waals surface area contributed by atoms with Crippen molar-refractivity contribution >= 4 is 33.2 Å². The molecule has 122 valence electrons. The Labute approximate surface area is 136 Å². The lowest BCUT2D eigenvalue weighted by Crippen LogP contribution is -2.50. The first-order chi connectivity index (χ1) is 10.3. The molecule has 0 N–H and O–H groups in total. The zero-order chi connectivity index (χ0) is 16.3. The van der Waals surface area contributed by atoms with Crippen LogP contribution in [0, 0.1) is 0 Å². The van der Waals surface area contributed by atoms with Crippen LogP contribution in [0.3, 0.4) is 0 Å². The number of amides is 1. The highest BCUT2D eigenvalue weighted by Gasteiger charge is 2.32. The van der Waals surface area contributed by atoms with Crippen LogP contribution in [0.4, 0.5) is 5.69 Å². The van der Waals surface area contributed by atoms with Gasteiger partial charge in [-0.2, -0.15) is 0 Å². The molecule has 1 atom stereocenters. The minimum Gasteiger partial charge on any atom is -0.341 e. The van der Waals surface area contributed by atoms with E-state index in [1.54, 1.807) is 36.1 Å². The Morgan fingerprint density at radius 3 is 2.45 bits per heavy atom. The predicted octanol–water partition coefficient (Wildman–Crippen LogP) is 2.51. The van der Waals surface area contributed by atoms with Crippen molar-refractivity contribution in [1.82, 2.24) is 4.90 Å². The highest BCUT2D eigenvalue weighted by molar-refractivity contribution is 7.92. The lowest BCUT2D eigenvalue weighted by atomic mass is 10.1. The molecule has 1 unspecified atom stereocenters. The van der Waals surface area contributed by atoms with Crippen LogP contribution >= 0.6 is 11.6 Å². The smallest absolute Gasteiger partial charge is 0.246 e. The standard InChI is InChI=1S/C15H21ClN2O3S/c1-12(15(19)17-9-4-3-5-10-17)18(22(2,20)21)14-8-6-7-13(16)11-14/h6-8,11-12H,3-5,9-10H2,1-2H3. The number of hydrogen-bond donors (Lipinski definition) is 0. The molecule has 0 aromatic heterocycles. The van der Waals surface area contributed by atoms with Gasteiger partial charge in [0.05, 0.1) is 11.9 Å². The normalized spacial score (nSPS) is 17.1. The first kappa shape index (κ1) is 17.1. The van der Waals surface area contributed by atoms with Gasteiger partial charge in [-0.1, -0.05) is 17.7 Å². The van der Waals surface area contributed by atoms with E-state index >= 15 is 0 Å². The molecule has 1 aromatic carbocycles. The molecule has 0 bridgehead atoms. The molecule has 0 spiro atoms. The fourth-order valence-corrected chi connectivity index (χ4v) is 4.14. The maximum absolute atomic E-state index is 12.6. The van der Waals surface area contributed by atoms with Gasteiger partial charge in [0.15, 0.2) is 0 Å². The van der Waals surface area contributed by atoms with E-state index < -0.39 is 16.1 Å². The number of carbonyl (C=O) groups excluding carboxylic acids is 1. The summed E-state index contributed by atoms with van der Waals surface area (Å²) in [5.74, 6) is -0.162. The minimum atomic E-state index is -3.59. The van der Waals surface area contributed by atoms with Crippen LogP contribution in [0.15, 0.2) is 24.3 Å². The SMILES string of the molecule is CC(C(=O)N1CCCCC1)N(c1cccc(Cl)c1)S(C)(=O)=O. The second kappa shape index (κ2) is 6.87. The second-order valence-corrected chi connectivity index (χ2v) is 7.90. The Hall–Kier alpha value is -1.27. The van der Waals surface area contributed by atoms with Crippen LogP contribution in [-0.4, -0.2) is 44.6 Å². The molecule has 1 aliphatic rings. The zero-order valence-corrected chi connectivity index (χ0v) is 14.4. The summed E-state index contributed by atoms with van der Waals surface area (Å²) < 4.78 is 25.5. The third-order valence-electron chi connectivity index (χ3n) is 3.80. The largest absolute Gasteiger partial charge is 0.341 e. The second-order valence-electron chi connectivity index (χ2n) is 5.60. The van der Waals surface area contributed by atoms with Gasteiger partial charge in [0.25, 0.3) is 0 Å².